The first kappa shape index (κ1) is 14.9. The Kier molecular flexibility index (Phi) is 4.60. The van der Waals surface area contributed by atoms with Crippen molar-refractivity contribution in [1.29, 1.82) is 0 Å². The van der Waals surface area contributed by atoms with Gasteiger partial charge in [0.1, 0.15) is 5.75 Å². The maximum Gasteiger partial charge on any atom is 0.119 e. The van der Waals surface area contributed by atoms with E-state index in [2.05, 4.69) is 54.9 Å². The fourth-order valence-corrected chi connectivity index (χ4v) is 4.86. The van der Waals surface area contributed by atoms with E-state index in [1.165, 1.54) is 36.8 Å². The number of ether oxygens (including phenoxy) is 1. The second-order valence-corrected chi connectivity index (χ2v) is 7.45. The first-order chi connectivity index (χ1) is 8.95. The fourth-order valence-electron chi connectivity index (χ4n) is 3.36. The van der Waals surface area contributed by atoms with Crippen molar-refractivity contribution in [2.45, 2.75) is 51.3 Å². The molecule has 0 aliphatic heterocycles. The molecule has 0 radical (unpaired) electrons. The van der Waals surface area contributed by atoms with Gasteiger partial charge in [0.25, 0.3) is 0 Å². The van der Waals surface area contributed by atoms with E-state index >= 15 is 0 Å². The lowest BCUT2D eigenvalue weighted by Crippen LogP contribution is -2.30. The van der Waals surface area contributed by atoms with Crippen LogP contribution in [0.3, 0.4) is 0 Å². The number of hydrogen-bond acceptors (Lipinski definition) is 1. The second-order valence-electron chi connectivity index (χ2n) is 6.47. The Morgan fingerprint density at radius 3 is 2.63 bits per heavy atom. The topological polar surface area (TPSA) is 9.23 Å². The summed E-state index contributed by atoms with van der Waals surface area (Å²) in [5.41, 5.74) is 3.17. The van der Waals surface area contributed by atoms with Crippen LogP contribution < -0.4 is 4.74 Å². The van der Waals surface area contributed by atoms with Crippen LogP contribution in [-0.4, -0.2) is 7.11 Å². The molecule has 1 aromatic carbocycles. The largest absolute Gasteiger partial charge is 0.497 e. The third-order valence-electron chi connectivity index (χ3n) is 4.72. The molecule has 0 saturated heterocycles. The number of methoxy groups -OCH3 is 1. The summed E-state index contributed by atoms with van der Waals surface area (Å²) in [5, 5.41) is 0. The molecule has 0 bridgehead atoms. The molecule has 0 N–H and O–H groups in total. The van der Waals surface area contributed by atoms with Crippen LogP contribution in [0.1, 0.15) is 55.5 Å². The van der Waals surface area contributed by atoms with Crippen molar-refractivity contribution in [2.24, 2.45) is 11.3 Å². The Labute approximate surface area is 125 Å². The highest BCUT2D eigenvalue weighted by Crippen LogP contribution is 2.50. The summed E-state index contributed by atoms with van der Waals surface area (Å²) < 4.78 is 5.30. The van der Waals surface area contributed by atoms with E-state index in [4.69, 9.17) is 4.74 Å². The zero-order valence-electron chi connectivity index (χ0n) is 12.5. The zero-order chi connectivity index (χ0) is 14.0. The molecule has 106 valence electrons. The molecule has 2 heteroatoms. The molecule has 0 spiro atoms. The van der Waals surface area contributed by atoms with Crippen molar-refractivity contribution in [3.63, 3.8) is 0 Å². The molecule has 1 aliphatic carbocycles. The van der Waals surface area contributed by atoms with Crippen LogP contribution in [0.5, 0.6) is 5.75 Å². The highest BCUT2D eigenvalue weighted by atomic mass is 79.9. The number of hydrogen-bond donors (Lipinski definition) is 0. The van der Waals surface area contributed by atoms with Gasteiger partial charge < -0.3 is 4.74 Å². The van der Waals surface area contributed by atoms with Crippen molar-refractivity contribution in [2.75, 3.05) is 7.11 Å². The average molecular weight is 325 g/mol. The van der Waals surface area contributed by atoms with Gasteiger partial charge in [-0.2, -0.15) is 0 Å². The number of alkyl halides is 1. The number of benzene rings is 1. The van der Waals surface area contributed by atoms with E-state index in [0.717, 1.165) is 5.75 Å². The third kappa shape index (κ3) is 3.16. The average Bonchev–Trinajstić information content (AvgIpc) is 2.37. The number of aryl methyl sites for hydroxylation is 1. The Balaban J connectivity index is 2.25. The van der Waals surface area contributed by atoms with Crippen molar-refractivity contribution >= 4 is 15.9 Å². The molecule has 1 aromatic rings. The van der Waals surface area contributed by atoms with Crippen LogP contribution in [0.2, 0.25) is 0 Å². The van der Waals surface area contributed by atoms with E-state index in [-0.39, 0.29) is 0 Å². The quantitative estimate of drug-likeness (QED) is 0.652. The normalized spacial score (nSPS) is 23.9. The Hall–Kier alpha value is -0.500. The molecular formula is C17H25BrO. The minimum Gasteiger partial charge on any atom is -0.497 e. The lowest BCUT2D eigenvalue weighted by Gasteiger charge is -2.42. The summed E-state index contributed by atoms with van der Waals surface area (Å²) in [7, 11) is 1.73. The highest BCUT2D eigenvalue weighted by Gasteiger charge is 2.37. The first-order valence-corrected chi connectivity index (χ1v) is 8.16. The first-order valence-electron chi connectivity index (χ1n) is 7.24. The van der Waals surface area contributed by atoms with Crippen LogP contribution in [0.15, 0.2) is 18.2 Å². The predicted octanol–water partition coefficient (Wildman–Crippen LogP) is 5.66. The minimum absolute atomic E-state index is 0.429. The fraction of sp³-hybridized carbons (Fsp3) is 0.647. The monoisotopic (exact) mass is 324 g/mol. The standard InChI is InChI=1S/C17H25BrO/c1-12-11-13(19-4)8-9-14(12)16(18)15-7-5-6-10-17(15,2)3/h8-9,11,15-16H,5-7,10H2,1-4H3. The van der Waals surface area contributed by atoms with Gasteiger partial charge in [-0.15, -0.1) is 0 Å². The van der Waals surface area contributed by atoms with Gasteiger partial charge in [0.15, 0.2) is 0 Å². The van der Waals surface area contributed by atoms with Gasteiger partial charge >= 0.3 is 0 Å². The van der Waals surface area contributed by atoms with Crippen LogP contribution in [-0.2, 0) is 0 Å². The highest BCUT2D eigenvalue weighted by molar-refractivity contribution is 9.09. The summed E-state index contributed by atoms with van der Waals surface area (Å²) in [6, 6.07) is 6.43. The van der Waals surface area contributed by atoms with Crippen LogP contribution >= 0.6 is 15.9 Å². The Morgan fingerprint density at radius 1 is 1.32 bits per heavy atom. The Morgan fingerprint density at radius 2 is 2.05 bits per heavy atom. The predicted molar refractivity (Wildman–Crippen MR) is 85.1 cm³/mol. The summed E-state index contributed by atoms with van der Waals surface area (Å²) in [5.74, 6) is 1.66. The molecule has 1 aliphatic rings. The summed E-state index contributed by atoms with van der Waals surface area (Å²) >= 11 is 3.98. The second kappa shape index (κ2) is 5.87. The maximum absolute atomic E-state index is 5.30. The zero-order valence-corrected chi connectivity index (χ0v) is 14.1. The van der Waals surface area contributed by atoms with Gasteiger partial charge in [0.05, 0.1) is 7.11 Å². The van der Waals surface area contributed by atoms with Crippen LogP contribution in [0.4, 0.5) is 0 Å². The van der Waals surface area contributed by atoms with Crippen molar-refractivity contribution in [1.82, 2.24) is 0 Å². The lowest BCUT2D eigenvalue weighted by atomic mass is 9.66. The number of rotatable bonds is 3. The molecule has 0 aromatic heterocycles. The van der Waals surface area contributed by atoms with E-state index in [0.29, 0.717) is 16.2 Å². The molecule has 19 heavy (non-hydrogen) atoms. The molecule has 1 nitrogen and oxygen atoms in total. The van der Waals surface area contributed by atoms with Crippen molar-refractivity contribution < 1.29 is 4.74 Å². The molecule has 2 unspecified atom stereocenters. The molecule has 2 rings (SSSR count). The molecule has 2 atom stereocenters. The van der Waals surface area contributed by atoms with E-state index < -0.39 is 0 Å². The smallest absolute Gasteiger partial charge is 0.119 e. The van der Waals surface area contributed by atoms with E-state index in [1.807, 2.05) is 0 Å². The van der Waals surface area contributed by atoms with Gasteiger partial charge in [0, 0.05) is 4.83 Å². The summed E-state index contributed by atoms with van der Waals surface area (Å²) in [6.45, 7) is 7.02. The molecule has 0 amide bonds. The number of halogens is 1. The van der Waals surface area contributed by atoms with Gasteiger partial charge in [-0.05, 0) is 54.4 Å². The van der Waals surface area contributed by atoms with Gasteiger partial charge in [-0.25, -0.2) is 0 Å². The van der Waals surface area contributed by atoms with Gasteiger partial charge in [0.2, 0.25) is 0 Å². The lowest BCUT2D eigenvalue weighted by molar-refractivity contribution is 0.136. The van der Waals surface area contributed by atoms with Crippen molar-refractivity contribution in [3.8, 4) is 5.75 Å². The SMILES string of the molecule is COc1ccc(C(Br)C2CCCCC2(C)C)c(C)c1. The molecular weight excluding hydrogens is 300 g/mol. The minimum atomic E-state index is 0.429. The van der Waals surface area contributed by atoms with E-state index in [1.54, 1.807) is 7.11 Å². The van der Waals surface area contributed by atoms with Gasteiger partial charge in [-0.3, -0.25) is 0 Å². The van der Waals surface area contributed by atoms with E-state index in [9.17, 15) is 0 Å². The summed E-state index contributed by atoms with van der Waals surface area (Å²) in [6.07, 6.45) is 5.42. The van der Waals surface area contributed by atoms with Gasteiger partial charge in [-0.1, -0.05) is 48.7 Å². The third-order valence-corrected chi connectivity index (χ3v) is 5.85. The van der Waals surface area contributed by atoms with Crippen molar-refractivity contribution in [3.05, 3.63) is 29.3 Å². The Bertz CT molecular complexity index is 439. The molecule has 0 heterocycles. The summed E-state index contributed by atoms with van der Waals surface area (Å²) in [4.78, 5) is 0.453. The van der Waals surface area contributed by atoms with Crippen LogP contribution in [0, 0.1) is 18.3 Å². The van der Waals surface area contributed by atoms with Crippen LogP contribution in [0.25, 0.3) is 0 Å². The maximum atomic E-state index is 5.30. The molecule has 1 fully saturated rings. The molecule has 1 saturated carbocycles.